The van der Waals surface area contributed by atoms with Crippen molar-refractivity contribution in [3.05, 3.63) is 29.8 Å². The standard InChI is InChI=1S/C14H20N2O3/c1-2-3-7-12(15)14(19)16-11-6-4-5-10(8-11)9-13(17)18/h4-6,8,12H,2-3,7,9,15H2,1H3,(H,16,19)(H,17,18). The molecular weight excluding hydrogens is 244 g/mol. The number of carbonyl (C=O) groups is 2. The molecule has 0 aliphatic rings. The highest BCUT2D eigenvalue weighted by Crippen LogP contribution is 2.12. The predicted octanol–water partition coefficient (Wildman–Crippen LogP) is 1.77. The van der Waals surface area contributed by atoms with Crippen molar-refractivity contribution in [3.63, 3.8) is 0 Å². The van der Waals surface area contributed by atoms with E-state index in [9.17, 15) is 9.59 Å². The molecule has 1 unspecified atom stereocenters. The lowest BCUT2D eigenvalue weighted by Crippen LogP contribution is -2.35. The molecule has 0 saturated carbocycles. The summed E-state index contributed by atoms with van der Waals surface area (Å²) < 4.78 is 0. The number of hydrogen-bond acceptors (Lipinski definition) is 3. The minimum atomic E-state index is -0.900. The van der Waals surface area contributed by atoms with E-state index in [4.69, 9.17) is 10.8 Å². The quantitative estimate of drug-likeness (QED) is 0.699. The third kappa shape index (κ3) is 5.52. The van der Waals surface area contributed by atoms with Crippen molar-refractivity contribution >= 4 is 17.6 Å². The molecule has 0 saturated heterocycles. The van der Waals surface area contributed by atoms with Crippen LogP contribution in [0.4, 0.5) is 5.69 Å². The molecule has 5 heteroatoms. The molecule has 4 N–H and O–H groups in total. The van der Waals surface area contributed by atoms with Crippen molar-refractivity contribution in [2.45, 2.75) is 38.6 Å². The Labute approximate surface area is 112 Å². The van der Waals surface area contributed by atoms with Crippen molar-refractivity contribution < 1.29 is 14.7 Å². The van der Waals surface area contributed by atoms with Crippen molar-refractivity contribution in [1.82, 2.24) is 0 Å². The average molecular weight is 264 g/mol. The number of rotatable bonds is 7. The summed E-state index contributed by atoms with van der Waals surface area (Å²) in [7, 11) is 0. The smallest absolute Gasteiger partial charge is 0.307 e. The van der Waals surface area contributed by atoms with Crippen LogP contribution in [0.1, 0.15) is 31.7 Å². The number of nitrogens with one attached hydrogen (secondary N) is 1. The molecule has 1 amide bonds. The van der Waals surface area contributed by atoms with Gasteiger partial charge >= 0.3 is 5.97 Å². The second kappa shape index (κ2) is 7.53. The first kappa shape index (κ1) is 15.2. The van der Waals surface area contributed by atoms with Gasteiger partial charge in [-0.3, -0.25) is 9.59 Å². The molecule has 0 aliphatic carbocycles. The minimum absolute atomic E-state index is 0.0639. The summed E-state index contributed by atoms with van der Waals surface area (Å²) in [5.41, 5.74) is 6.99. The van der Waals surface area contributed by atoms with Crippen LogP contribution in [0, 0.1) is 0 Å². The maximum atomic E-state index is 11.8. The topological polar surface area (TPSA) is 92.4 Å². The predicted molar refractivity (Wildman–Crippen MR) is 73.9 cm³/mol. The first-order valence-electron chi connectivity index (χ1n) is 6.40. The van der Waals surface area contributed by atoms with Gasteiger partial charge in [0.1, 0.15) is 0 Å². The number of carboxylic acid groups (broad SMARTS) is 1. The van der Waals surface area contributed by atoms with Gasteiger partial charge in [0.25, 0.3) is 0 Å². The van der Waals surface area contributed by atoms with Gasteiger partial charge in [0.2, 0.25) is 5.91 Å². The first-order valence-corrected chi connectivity index (χ1v) is 6.40. The van der Waals surface area contributed by atoms with Crippen LogP contribution in [0.3, 0.4) is 0 Å². The van der Waals surface area contributed by atoms with Gasteiger partial charge in [-0.2, -0.15) is 0 Å². The summed E-state index contributed by atoms with van der Waals surface area (Å²) in [6.07, 6.45) is 2.49. The lowest BCUT2D eigenvalue weighted by Gasteiger charge is -2.12. The van der Waals surface area contributed by atoms with Gasteiger partial charge in [0, 0.05) is 5.69 Å². The number of carbonyl (C=O) groups excluding carboxylic acids is 1. The number of aliphatic carboxylic acids is 1. The maximum Gasteiger partial charge on any atom is 0.307 e. The van der Waals surface area contributed by atoms with Gasteiger partial charge in [0.15, 0.2) is 0 Å². The van der Waals surface area contributed by atoms with Gasteiger partial charge in [-0.05, 0) is 24.1 Å². The molecule has 1 atom stereocenters. The summed E-state index contributed by atoms with van der Waals surface area (Å²) in [6, 6.07) is 6.27. The summed E-state index contributed by atoms with van der Waals surface area (Å²) in [6.45, 7) is 2.04. The van der Waals surface area contributed by atoms with Gasteiger partial charge < -0.3 is 16.2 Å². The molecule has 19 heavy (non-hydrogen) atoms. The average Bonchev–Trinajstić information content (AvgIpc) is 2.35. The Morgan fingerprint density at radius 1 is 1.42 bits per heavy atom. The highest BCUT2D eigenvalue weighted by Gasteiger charge is 2.13. The van der Waals surface area contributed by atoms with Crippen LogP contribution in [0.25, 0.3) is 0 Å². The number of nitrogens with two attached hydrogens (primary N) is 1. The zero-order valence-corrected chi connectivity index (χ0v) is 11.1. The second-order valence-electron chi connectivity index (χ2n) is 4.51. The zero-order chi connectivity index (χ0) is 14.3. The molecule has 0 fully saturated rings. The molecule has 0 aromatic heterocycles. The molecule has 104 valence electrons. The van der Waals surface area contributed by atoms with Gasteiger partial charge in [-0.15, -0.1) is 0 Å². The Bertz CT molecular complexity index is 446. The number of carboxylic acids is 1. The molecule has 1 rings (SSSR count). The van der Waals surface area contributed by atoms with Crippen molar-refractivity contribution in [3.8, 4) is 0 Å². The molecule has 0 bridgehead atoms. The Morgan fingerprint density at radius 2 is 2.16 bits per heavy atom. The van der Waals surface area contributed by atoms with Crippen LogP contribution >= 0.6 is 0 Å². The summed E-state index contributed by atoms with van der Waals surface area (Å²) >= 11 is 0. The van der Waals surface area contributed by atoms with Crippen LogP contribution in [-0.2, 0) is 16.0 Å². The Morgan fingerprint density at radius 3 is 2.79 bits per heavy atom. The van der Waals surface area contributed by atoms with Gasteiger partial charge in [-0.1, -0.05) is 31.9 Å². The lowest BCUT2D eigenvalue weighted by molar-refractivity contribution is -0.136. The molecule has 5 nitrogen and oxygen atoms in total. The van der Waals surface area contributed by atoms with Crippen molar-refractivity contribution in [2.75, 3.05) is 5.32 Å². The third-order valence-electron chi connectivity index (χ3n) is 2.76. The van der Waals surface area contributed by atoms with Crippen LogP contribution in [0.15, 0.2) is 24.3 Å². The van der Waals surface area contributed by atoms with Crippen LogP contribution < -0.4 is 11.1 Å². The summed E-state index contributed by atoms with van der Waals surface area (Å²) in [5.74, 6) is -1.14. The van der Waals surface area contributed by atoms with Gasteiger partial charge in [-0.25, -0.2) is 0 Å². The normalized spacial score (nSPS) is 11.9. The molecule has 1 aromatic rings. The number of amides is 1. The van der Waals surface area contributed by atoms with Crippen molar-refractivity contribution in [1.29, 1.82) is 0 Å². The Balaban J connectivity index is 2.61. The molecule has 0 heterocycles. The van der Waals surface area contributed by atoms with Crippen molar-refractivity contribution in [2.24, 2.45) is 5.73 Å². The fourth-order valence-corrected chi connectivity index (χ4v) is 1.72. The Kier molecular flexibility index (Phi) is 6.02. The molecular formula is C14H20N2O3. The van der Waals surface area contributed by atoms with E-state index in [1.165, 1.54) is 0 Å². The molecule has 0 spiro atoms. The van der Waals surface area contributed by atoms with E-state index in [2.05, 4.69) is 5.32 Å². The van der Waals surface area contributed by atoms with Gasteiger partial charge in [0.05, 0.1) is 12.5 Å². The number of benzene rings is 1. The van der Waals surface area contributed by atoms with E-state index in [1.54, 1.807) is 24.3 Å². The highest BCUT2D eigenvalue weighted by atomic mass is 16.4. The first-order chi connectivity index (χ1) is 9.02. The maximum absolute atomic E-state index is 11.8. The van der Waals surface area contributed by atoms with E-state index >= 15 is 0 Å². The highest BCUT2D eigenvalue weighted by molar-refractivity contribution is 5.94. The van der Waals surface area contributed by atoms with Crippen LogP contribution in [0.5, 0.6) is 0 Å². The third-order valence-corrected chi connectivity index (χ3v) is 2.76. The second-order valence-corrected chi connectivity index (χ2v) is 4.51. The van der Waals surface area contributed by atoms with Crippen LogP contribution in [0.2, 0.25) is 0 Å². The summed E-state index contributed by atoms with van der Waals surface area (Å²) in [5, 5.41) is 11.4. The molecule has 0 aliphatic heterocycles. The minimum Gasteiger partial charge on any atom is -0.481 e. The fraction of sp³-hybridized carbons (Fsp3) is 0.429. The lowest BCUT2D eigenvalue weighted by atomic mass is 10.1. The monoisotopic (exact) mass is 264 g/mol. The largest absolute Gasteiger partial charge is 0.481 e. The SMILES string of the molecule is CCCCC(N)C(=O)Nc1cccc(CC(=O)O)c1. The number of unbranched alkanes of at least 4 members (excludes halogenated alkanes) is 1. The number of hydrogen-bond donors (Lipinski definition) is 3. The van der Waals surface area contributed by atoms with E-state index in [-0.39, 0.29) is 12.3 Å². The van der Waals surface area contributed by atoms with E-state index in [0.29, 0.717) is 17.7 Å². The molecule has 1 aromatic carbocycles. The van der Waals surface area contributed by atoms with E-state index in [1.807, 2.05) is 6.92 Å². The number of anilines is 1. The van der Waals surface area contributed by atoms with E-state index < -0.39 is 12.0 Å². The fourth-order valence-electron chi connectivity index (χ4n) is 1.72. The molecule has 0 radical (unpaired) electrons. The zero-order valence-electron chi connectivity index (χ0n) is 11.1. The Hall–Kier alpha value is -1.88. The summed E-state index contributed by atoms with van der Waals surface area (Å²) in [4.78, 5) is 22.4. The van der Waals surface area contributed by atoms with E-state index in [0.717, 1.165) is 12.8 Å². The van der Waals surface area contributed by atoms with Crippen LogP contribution in [-0.4, -0.2) is 23.0 Å².